The van der Waals surface area contributed by atoms with Crippen LogP contribution >= 0.6 is 0 Å². The first-order chi connectivity index (χ1) is 14.5. The smallest absolute Gasteiger partial charge is 0.243 e. The van der Waals surface area contributed by atoms with Crippen molar-refractivity contribution in [3.63, 3.8) is 0 Å². The third kappa shape index (κ3) is 5.19. The molecule has 3 fully saturated rings. The maximum absolute atomic E-state index is 12.8. The average Bonchev–Trinajstić information content (AvgIpc) is 3.30. The number of likely N-dealkylation sites (tertiary alicyclic amines) is 1. The van der Waals surface area contributed by atoms with Gasteiger partial charge < -0.3 is 19.5 Å². The molecule has 1 aromatic rings. The molecule has 1 amide bonds. The van der Waals surface area contributed by atoms with Gasteiger partial charge in [-0.05, 0) is 37.6 Å². The van der Waals surface area contributed by atoms with Crippen molar-refractivity contribution >= 4 is 21.6 Å². The van der Waals surface area contributed by atoms with Crippen molar-refractivity contribution in [1.82, 2.24) is 9.21 Å². The number of amides is 1. The van der Waals surface area contributed by atoms with Crippen LogP contribution in [0.3, 0.4) is 0 Å². The third-order valence-electron chi connectivity index (χ3n) is 5.67. The Hall–Kier alpha value is -1.56. The van der Waals surface area contributed by atoms with Gasteiger partial charge >= 0.3 is 0 Å². The van der Waals surface area contributed by atoms with Crippen LogP contribution in [0.15, 0.2) is 29.2 Å². The molecule has 3 saturated heterocycles. The Morgan fingerprint density at radius 1 is 1.10 bits per heavy atom. The van der Waals surface area contributed by atoms with Crippen molar-refractivity contribution in [3.8, 4) is 0 Å². The number of morpholine rings is 1. The topological polar surface area (TPSA) is 97.4 Å². The number of carbonyl (C=O) groups excluding carboxylic acids is 1. The quantitative estimate of drug-likeness (QED) is 0.698. The van der Waals surface area contributed by atoms with Crippen molar-refractivity contribution in [1.29, 1.82) is 0 Å². The first-order valence-corrected chi connectivity index (χ1v) is 11.9. The van der Waals surface area contributed by atoms with E-state index < -0.39 is 10.0 Å². The number of hydrogen-bond donors (Lipinski definition) is 1. The average molecular weight is 440 g/mol. The highest BCUT2D eigenvalue weighted by Gasteiger charge is 2.32. The van der Waals surface area contributed by atoms with Gasteiger partial charge in [0.2, 0.25) is 15.9 Å². The van der Waals surface area contributed by atoms with Gasteiger partial charge in [0.05, 0.1) is 37.9 Å². The predicted molar refractivity (Wildman–Crippen MR) is 110 cm³/mol. The summed E-state index contributed by atoms with van der Waals surface area (Å²) in [5.74, 6) is 0.112. The molecule has 4 rings (SSSR count). The summed E-state index contributed by atoms with van der Waals surface area (Å²) in [4.78, 5) is 14.9. The van der Waals surface area contributed by atoms with E-state index in [9.17, 15) is 13.2 Å². The summed E-state index contributed by atoms with van der Waals surface area (Å²) >= 11 is 0. The van der Waals surface area contributed by atoms with Crippen molar-refractivity contribution in [2.75, 3.05) is 64.5 Å². The first kappa shape index (κ1) is 21.7. The normalized spacial score (nSPS) is 24.7. The predicted octanol–water partition coefficient (Wildman–Crippen LogP) is 0.731. The molecule has 3 aliphatic rings. The number of nitrogens with zero attached hydrogens (tertiary/aromatic N) is 2. The van der Waals surface area contributed by atoms with Crippen LogP contribution in [0.5, 0.6) is 0 Å². The minimum Gasteiger partial charge on any atom is -0.379 e. The summed E-state index contributed by atoms with van der Waals surface area (Å²) in [5.41, 5.74) is 0.477. The lowest BCUT2D eigenvalue weighted by Gasteiger charge is -2.34. The monoisotopic (exact) mass is 439 g/mol. The zero-order chi connectivity index (χ0) is 21.0. The van der Waals surface area contributed by atoms with Gasteiger partial charge in [0.25, 0.3) is 0 Å². The number of carbonyl (C=O) groups is 1. The number of anilines is 1. The molecule has 1 N–H and O–H groups in total. The van der Waals surface area contributed by atoms with E-state index in [0.717, 1.165) is 25.9 Å². The first-order valence-electron chi connectivity index (χ1n) is 10.5. The van der Waals surface area contributed by atoms with E-state index in [4.69, 9.17) is 14.2 Å². The van der Waals surface area contributed by atoms with Gasteiger partial charge in [0.1, 0.15) is 0 Å². The number of sulfonamides is 1. The Morgan fingerprint density at radius 3 is 2.63 bits per heavy atom. The highest BCUT2D eigenvalue weighted by molar-refractivity contribution is 7.89. The summed E-state index contributed by atoms with van der Waals surface area (Å²) in [5, 5.41) is 2.84. The molecule has 0 radical (unpaired) electrons. The van der Waals surface area contributed by atoms with E-state index in [1.165, 1.54) is 10.4 Å². The molecule has 0 saturated carbocycles. The molecule has 3 aliphatic heterocycles. The van der Waals surface area contributed by atoms with E-state index in [1.54, 1.807) is 18.2 Å². The molecule has 9 nitrogen and oxygen atoms in total. The Labute approximate surface area is 177 Å². The van der Waals surface area contributed by atoms with Gasteiger partial charge in [0, 0.05) is 31.2 Å². The van der Waals surface area contributed by atoms with Crippen molar-refractivity contribution in [3.05, 3.63) is 24.3 Å². The van der Waals surface area contributed by atoms with Crippen LogP contribution in [0.2, 0.25) is 0 Å². The number of nitrogens with one attached hydrogen (secondary N) is 1. The Kier molecular flexibility index (Phi) is 7.01. The van der Waals surface area contributed by atoms with Gasteiger partial charge in [-0.2, -0.15) is 4.31 Å². The molecule has 1 aromatic carbocycles. The fourth-order valence-electron chi connectivity index (χ4n) is 4.18. The van der Waals surface area contributed by atoms with E-state index in [2.05, 4.69) is 10.2 Å². The standard InChI is InChI=1S/C20H29N3O6S/c24-19(15-22-6-2-3-16(14-22)20-28-11-12-29-20)21-17-4-1-5-18(13-17)30(25,26)23-7-9-27-10-8-23/h1,4-5,13,16,20H,2-3,6-12,14-15H2,(H,21,24)/t16-/m1/s1. The molecule has 30 heavy (non-hydrogen) atoms. The lowest BCUT2D eigenvalue weighted by molar-refractivity contribution is -0.121. The Bertz CT molecular complexity index is 837. The lowest BCUT2D eigenvalue weighted by atomic mass is 9.97. The molecule has 10 heteroatoms. The molecule has 0 aliphatic carbocycles. The molecular formula is C20H29N3O6S. The van der Waals surface area contributed by atoms with Crippen molar-refractivity contribution in [2.24, 2.45) is 5.92 Å². The second-order valence-corrected chi connectivity index (χ2v) is 9.78. The number of rotatable bonds is 6. The Morgan fingerprint density at radius 2 is 1.87 bits per heavy atom. The largest absolute Gasteiger partial charge is 0.379 e. The number of piperidine rings is 1. The van der Waals surface area contributed by atoms with E-state index in [1.807, 2.05) is 0 Å². The molecule has 0 bridgehead atoms. The minimum atomic E-state index is -3.60. The second kappa shape index (κ2) is 9.71. The van der Waals surface area contributed by atoms with Gasteiger partial charge in [-0.3, -0.25) is 9.69 Å². The SMILES string of the molecule is O=C(CN1CCC[C@@H](C2OCCO2)C1)Nc1cccc(S(=O)(=O)N2CCOCC2)c1. The number of hydrogen-bond acceptors (Lipinski definition) is 7. The molecule has 166 valence electrons. The summed E-state index contributed by atoms with van der Waals surface area (Å²) in [6.45, 7) is 4.58. The third-order valence-corrected chi connectivity index (χ3v) is 7.56. The zero-order valence-corrected chi connectivity index (χ0v) is 17.8. The minimum absolute atomic E-state index is 0.162. The second-order valence-electron chi connectivity index (χ2n) is 7.84. The van der Waals surface area contributed by atoms with Crippen LogP contribution in [-0.2, 0) is 29.0 Å². The fourth-order valence-corrected chi connectivity index (χ4v) is 5.63. The van der Waals surface area contributed by atoms with Crippen LogP contribution in [0.1, 0.15) is 12.8 Å². The maximum Gasteiger partial charge on any atom is 0.243 e. The van der Waals surface area contributed by atoms with E-state index >= 15 is 0 Å². The van der Waals surface area contributed by atoms with Gasteiger partial charge in [-0.15, -0.1) is 0 Å². The van der Waals surface area contributed by atoms with Gasteiger partial charge in [-0.25, -0.2) is 8.42 Å². The number of benzene rings is 1. The molecule has 0 aromatic heterocycles. The number of ether oxygens (including phenoxy) is 3. The van der Waals surface area contributed by atoms with Crippen LogP contribution in [0.25, 0.3) is 0 Å². The molecule has 1 atom stereocenters. The molecule has 0 spiro atoms. The summed E-state index contributed by atoms with van der Waals surface area (Å²) in [7, 11) is -3.60. The van der Waals surface area contributed by atoms with Crippen molar-refractivity contribution in [2.45, 2.75) is 24.0 Å². The van der Waals surface area contributed by atoms with E-state index in [0.29, 0.717) is 45.2 Å². The zero-order valence-electron chi connectivity index (χ0n) is 17.0. The highest BCUT2D eigenvalue weighted by Crippen LogP contribution is 2.25. The van der Waals surface area contributed by atoms with Crippen molar-refractivity contribution < 1.29 is 27.4 Å². The summed E-state index contributed by atoms with van der Waals surface area (Å²) in [6, 6.07) is 6.42. The van der Waals surface area contributed by atoms with Crippen LogP contribution in [-0.4, -0.2) is 89.0 Å². The fraction of sp³-hybridized carbons (Fsp3) is 0.650. The summed E-state index contributed by atoms with van der Waals surface area (Å²) < 4.78 is 43.5. The maximum atomic E-state index is 12.8. The van der Waals surface area contributed by atoms with Crippen LogP contribution in [0.4, 0.5) is 5.69 Å². The van der Waals surface area contributed by atoms with Gasteiger partial charge in [0.15, 0.2) is 6.29 Å². The highest BCUT2D eigenvalue weighted by atomic mass is 32.2. The van der Waals surface area contributed by atoms with Crippen LogP contribution < -0.4 is 5.32 Å². The lowest BCUT2D eigenvalue weighted by Crippen LogP contribution is -2.44. The molecular weight excluding hydrogens is 410 g/mol. The molecule has 0 unspecified atom stereocenters. The van der Waals surface area contributed by atoms with Gasteiger partial charge in [-0.1, -0.05) is 6.07 Å². The summed E-state index contributed by atoms with van der Waals surface area (Å²) in [6.07, 6.45) is 1.86. The van der Waals surface area contributed by atoms with E-state index in [-0.39, 0.29) is 29.6 Å². The Balaban J connectivity index is 1.35. The molecule has 3 heterocycles. The van der Waals surface area contributed by atoms with Crippen LogP contribution in [0, 0.1) is 5.92 Å².